The Morgan fingerprint density at radius 3 is 2.47 bits per heavy atom. The number of rotatable bonds is 2. The molecule has 0 heterocycles. The molecule has 0 aliphatic carbocycles. The molecule has 17 heavy (non-hydrogen) atoms. The van der Waals surface area contributed by atoms with Crippen LogP contribution in [0, 0.1) is 5.82 Å². The van der Waals surface area contributed by atoms with Crippen LogP contribution in [0.25, 0.3) is 0 Å². The number of carbonyl (C=O) groups is 1. The summed E-state index contributed by atoms with van der Waals surface area (Å²) in [4.78, 5) is 11.1. The lowest BCUT2D eigenvalue weighted by Crippen LogP contribution is -2.30. The highest BCUT2D eigenvalue weighted by Crippen LogP contribution is 2.37. The molecule has 1 aromatic rings. The highest BCUT2D eigenvalue weighted by atomic mass is 79.9. The molecule has 0 amide bonds. The van der Waals surface area contributed by atoms with Crippen molar-refractivity contribution in [2.75, 3.05) is 7.11 Å². The molecule has 2 nitrogen and oxygen atoms in total. The predicted molar refractivity (Wildman–Crippen MR) is 54.9 cm³/mol. The highest BCUT2D eigenvalue weighted by molar-refractivity contribution is 9.10. The van der Waals surface area contributed by atoms with Gasteiger partial charge in [-0.1, -0.05) is 15.9 Å². The number of benzene rings is 1. The topological polar surface area (TPSA) is 26.3 Å². The molecule has 1 unspecified atom stereocenters. The monoisotopic (exact) mass is 314 g/mol. The van der Waals surface area contributed by atoms with E-state index >= 15 is 0 Å². The minimum absolute atomic E-state index is 0.243. The molecule has 0 aromatic heterocycles. The zero-order chi connectivity index (χ0) is 13.2. The van der Waals surface area contributed by atoms with Crippen LogP contribution in [-0.4, -0.2) is 19.3 Å². The van der Waals surface area contributed by atoms with E-state index in [-0.39, 0.29) is 4.47 Å². The lowest BCUT2D eigenvalue weighted by atomic mass is 9.98. The van der Waals surface area contributed by atoms with E-state index in [1.54, 1.807) is 0 Å². The molecule has 0 radical (unpaired) electrons. The summed E-state index contributed by atoms with van der Waals surface area (Å²) >= 11 is 2.92. The molecule has 0 bridgehead atoms. The normalized spacial score (nSPS) is 13.3. The van der Waals surface area contributed by atoms with Gasteiger partial charge in [-0.3, -0.25) is 4.79 Å². The Balaban J connectivity index is 3.32. The van der Waals surface area contributed by atoms with Crippen molar-refractivity contribution < 1.29 is 27.1 Å². The van der Waals surface area contributed by atoms with Crippen molar-refractivity contribution in [3.05, 3.63) is 34.1 Å². The van der Waals surface area contributed by atoms with Crippen LogP contribution in [-0.2, 0) is 9.53 Å². The number of halogens is 5. The van der Waals surface area contributed by atoms with E-state index in [1.165, 1.54) is 6.07 Å². The number of hydrogen-bond acceptors (Lipinski definition) is 2. The lowest BCUT2D eigenvalue weighted by molar-refractivity contribution is -0.179. The highest BCUT2D eigenvalue weighted by Gasteiger charge is 2.48. The van der Waals surface area contributed by atoms with Gasteiger partial charge in [0.15, 0.2) is 5.92 Å². The lowest BCUT2D eigenvalue weighted by Gasteiger charge is -2.18. The summed E-state index contributed by atoms with van der Waals surface area (Å²) in [6.45, 7) is 0. The van der Waals surface area contributed by atoms with Crippen LogP contribution in [0.1, 0.15) is 11.5 Å². The number of hydrogen-bond donors (Lipinski definition) is 0. The van der Waals surface area contributed by atoms with E-state index in [0.29, 0.717) is 0 Å². The van der Waals surface area contributed by atoms with Gasteiger partial charge in [-0.05, 0) is 18.2 Å². The molecular formula is C10H7BrF4O2. The Morgan fingerprint density at radius 1 is 1.41 bits per heavy atom. The van der Waals surface area contributed by atoms with Gasteiger partial charge in [-0.25, -0.2) is 4.39 Å². The first kappa shape index (κ1) is 14.0. The third-order valence-electron chi connectivity index (χ3n) is 2.03. The van der Waals surface area contributed by atoms with Crippen molar-refractivity contribution in [2.24, 2.45) is 0 Å². The minimum Gasteiger partial charge on any atom is -0.468 e. The van der Waals surface area contributed by atoms with Crippen LogP contribution < -0.4 is 0 Å². The van der Waals surface area contributed by atoms with Crippen molar-refractivity contribution >= 4 is 21.9 Å². The van der Waals surface area contributed by atoms with Crippen molar-refractivity contribution in [3.8, 4) is 0 Å². The second-order valence-corrected chi connectivity index (χ2v) is 4.08. The number of carbonyl (C=O) groups excluding carboxylic acids is 1. The molecule has 1 aromatic carbocycles. The van der Waals surface area contributed by atoms with Gasteiger partial charge in [0.2, 0.25) is 0 Å². The summed E-state index contributed by atoms with van der Waals surface area (Å²) in [6.07, 6.45) is -4.91. The van der Waals surface area contributed by atoms with Crippen molar-refractivity contribution in [2.45, 2.75) is 12.1 Å². The molecule has 0 spiro atoms. The second-order valence-electron chi connectivity index (χ2n) is 3.16. The fraction of sp³-hybridized carbons (Fsp3) is 0.300. The van der Waals surface area contributed by atoms with Gasteiger partial charge >= 0.3 is 12.1 Å². The summed E-state index contributed by atoms with van der Waals surface area (Å²) in [5.74, 6) is -5.28. The summed E-state index contributed by atoms with van der Waals surface area (Å²) in [5, 5.41) is 0. The molecular weight excluding hydrogens is 308 g/mol. The van der Waals surface area contributed by atoms with Gasteiger partial charge in [-0.15, -0.1) is 0 Å². The van der Waals surface area contributed by atoms with Crippen LogP contribution in [0.3, 0.4) is 0 Å². The fourth-order valence-electron chi connectivity index (χ4n) is 1.29. The molecule has 1 rings (SSSR count). The molecule has 0 saturated carbocycles. The quantitative estimate of drug-likeness (QED) is 0.617. The first-order chi connectivity index (χ1) is 7.77. The van der Waals surface area contributed by atoms with E-state index < -0.39 is 29.4 Å². The van der Waals surface area contributed by atoms with E-state index in [9.17, 15) is 22.4 Å². The van der Waals surface area contributed by atoms with E-state index in [0.717, 1.165) is 19.2 Å². The average Bonchev–Trinajstić information content (AvgIpc) is 2.21. The Bertz CT molecular complexity index is 431. The maximum Gasteiger partial charge on any atom is 0.406 e. The molecule has 7 heteroatoms. The van der Waals surface area contributed by atoms with Crippen LogP contribution in [0.4, 0.5) is 17.6 Å². The number of methoxy groups -OCH3 is 1. The second kappa shape index (κ2) is 5.03. The Hall–Kier alpha value is -1.11. The summed E-state index contributed by atoms with van der Waals surface area (Å²) in [6, 6.07) is 3.00. The third kappa shape index (κ3) is 3.18. The molecule has 0 fully saturated rings. The Kier molecular flexibility index (Phi) is 4.13. The molecule has 0 N–H and O–H groups in total. The van der Waals surface area contributed by atoms with Gasteiger partial charge < -0.3 is 4.74 Å². The van der Waals surface area contributed by atoms with E-state index in [4.69, 9.17) is 0 Å². The molecule has 94 valence electrons. The summed E-state index contributed by atoms with van der Waals surface area (Å²) < 4.78 is 55.6. The van der Waals surface area contributed by atoms with Crippen molar-refractivity contribution in [1.29, 1.82) is 0 Å². The summed E-state index contributed by atoms with van der Waals surface area (Å²) in [7, 11) is 0.816. The molecule has 1 atom stereocenters. The first-order valence-corrected chi connectivity index (χ1v) is 5.16. The molecule has 0 aliphatic heterocycles. The third-order valence-corrected chi connectivity index (χ3v) is 2.53. The standard InChI is InChI=1S/C10H7BrF4O2/c1-17-9(16)8(10(13,14)15)6-4-5(11)2-3-7(6)12/h2-4,8H,1H3. The van der Waals surface area contributed by atoms with E-state index in [1.807, 2.05) is 0 Å². The maximum absolute atomic E-state index is 13.3. The van der Waals surface area contributed by atoms with Crippen molar-refractivity contribution in [3.63, 3.8) is 0 Å². The SMILES string of the molecule is COC(=O)C(c1cc(Br)ccc1F)C(F)(F)F. The molecule has 0 saturated heterocycles. The molecule has 0 aliphatic rings. The summed E-state index contributed by atoms with van der Waals surface area (Å²) in [5.41, 5.74) is -0.765. The average molecular weight is 315 g/mol. The largest absolute Gasteiger partial charge is 0.468 e. The fourth-order valence-corrected chi connectivity index (χ4v) is 1.67. The van der Waals surface area contributed by atoms with Gasteiger partial charge in [0.1, 0.15) is 5.82 Å². The Labute approximate surface area is 103 Å². The van der Waals surface area contributed by atoms with E-state index in [2.05, 4.69) is 20.7 Å². The van der Waals surface area contributed by atoms with Gasteiger partial charge in [0, 0.05) is 10.0 Å². The zero-order valence-corrected chi connectivity index (χ0v) is 10.1. The minimum atomic E-state index is -4.91. The zero-order valence-electron chi connectivity index (χ0n) is 8.52. The Morgan fingerprint density at radius 2 is 2.00 bits per heavy atom. The van der Waals surface area contributed by atoms with Crippen LogP contribution >= 0.6 is 15.9 Å². The maximum atomic E-state index is 13.3. The van der Waals surface area contributed by atoms with Gasteiger partial charge in [0.25, 0.3) is 0 Å². The van der Waals surface area contributed by atoms with Crippen LogP contribution in [0.5, 0.6) is 0 Å². The van der Waals surface area contributed by atoms with Gasteiger partial charge in [-0.2, -0.15) is 13.2 Å². The first-order valence-electron chi connectivity index (χ1n) is 4.37. The predicted octanol–water partition coefficient (Wildman–Crippen LogP) is 3.41. The smallest absolute Gasteiger partial charge is 0.406 e. The van der Waals surface area contributed by atoms with Crippen LogP contribution in [0.2, 0.25) is 0 Å². The van der Waals surface area contributed by atoms with Crippen molar-refractivity contribution in [1.82, 2.24) is 0 Å². The number of esters is 1. The van der Waals surface area contributed by atoms with Gasteiger partial charge in [0.05, 0.1) is 7.11 Å². The van der Waals surface area contributed by atoms with Crippen LogP contribution in [0.15, 0.2) is 22.7 Å². The number of ether oxygens (including phenoxy) is 1. The number of alkyl halides is 3.